The number of aliphatic hydroxyl groups is 1. The lowest BCUT2D eigenvalue weighted by Crippen LogP contribution is -2.17. The van der Waals surface area contributed by atoms with Gasteiger partial charge in [0.2, 0.25) is 0 Å². The minimum Gasteiger partial charge on any atom is -0.389 e. The number of benzene rings is 2. The van der Waals surface area contributed by atoms with E-state index < -0.39 is 6.10 Å². The molecule has 0 aliphatic carbocycles. The Morgan fingerprint density at radius 1 is 1.20 bits per heavy atom. The predicted molar refractivity (Wildman–Crippen MR) is 81.2 cm³/mol. The quantitative estimate of drug-likeness (QED) is 0.884. The van der Waals surface area contributed by atoms with E-state index in [0.717, 1.165) is 11.3 Å². The number of aliphatic hydroxyl groups excluding tert-OH is 1. The van der Waals surface area contributed by atoms with E-state index in [-0.39, 0.29) is 5.82 Å². The Kier molecular flexibility index (Phi) is 4.63. The average Bonchev–Trinajstić information content (AvgIpc) is 2.43. The number of hydrogen-bond donors (Lipinski definition) is 1. The molecule has 0 amide bonds. The molecule has 4 heteroatoms. The van der Waals surface area contributed by atoms with Gasteiger partial charge in [0.25, 0.3) is 0 Å². The van der Waals surface area contributed by atoms with Gasteiger partial charge >= 0.3 is 0 Å². The molecular weight excluding hydrogens is 277 g/mol. The van der Waals surface area contributed by atoms with Crippen LogP contribution in [0.25, 0.3) is 0 Å². The van der Waals surface area contributed by atoms with Crippen molar-refractivity contribution in [1.29, 1.82) is 0 Å². The van der Waals surface area contributed by atoms with Crippen LogP contribution in [-0.2, 0) is 0 Å². The van der Waals surface area contributed by atoms with Gasteiger partial charge in [0, 0.05) is 6.54 Å². The molecule has 2 rings (SSSR count). The lowest BCUT2D eigenvalue weighted by atomic mass is 10.1. The van der Waals surface area contributed by atoms with Crippen LogP contribution in [0.1, 0.15) is 25.5 Å². The highest BCUT2D eigenvalue weighted by atomic mass is 35.5. The Labute approximate surface area is 123 Å². The first-order valence-electron chi connectivity index (χ1n) is 6.54. The van der Waals surface area contributed by atoms with Crippen molar-refractivity contribution in [1.82, 2.24) is 0 Å². The molecule has 2 aromatic carbocycles. The minimum atomic E-state index is -0.579. The molecule has 1 atom stereocenters. The van der Waals surface area contributed by atoms with E-state index in [1.54, 1.807) is 43.3 Å². The summed E-state index contributed by atoms with van der Waals surface area (Å²) in [5.41, 5.74) is 1.95. The van der Waals surface area contributed by atoms with Gasteiger partial charge in [0.05, 0.1) is 22.5 Å². The van der Waals surface area contributed by atoms with Crippen LogP contribution in [0.15, 0.2) is 42.5 Å². The van der Waals surface area contributed by atoms with E-state index in [1.807, 2.05) is 11.8 Å². The van der Waals surface area contributed by atoms with E-state index in [1.165, 1.54) is 6.07 Å². The summed E-state index contributed by atoms with van der Waals surface area (Å²) in [4.78, 5) is 1.81. The van der Waals surface area contributed by atoms with Gasteiger partial charge < -0.3 is 10.0 Å². The standard InChI is InChI=1S/C16H17ClFNO/c1-3-19(16-7-5-4-6-14(16)18)15-9-8-12(11(2)20)10-13(15)17/h4-11,20H,3H2,1-2H3/t11-/m1/s1. The molecule has 0 heterocycles. The second-order valence-electron chi connectivity index (χ2n) is 4.58. The maximum Gasteiger partial charge on any atom is 0.146 e. The second kappa shape index (κ2) is 6.25. The number of hydrogen-bond acceptors (Lipinski definition) is 2. The summed E-state index contributed by atoms with van der Waals surface area (Å²) in [5.74, 6) is -0.287. The molecule has 0 unspecified atom stereocenters. The Hall–Kier alpha value is -1.58. The molecule has 0 saturated carbocycles. The fraction of sp³-hybridized carbons (Fsp3) is 0.250. The van der Waals surface area contributed by atoms with Crippen molar-refractivity contribution >= 4 is 23.0 Å². The van der Waals surface area contributed by atoms with Crippen LogP contribution in [0.3, 0.4) is 0 Å². The lowest BCUT2D eigenvalue weighted by Gasteiger charge is -2.25. The number of rotatable bonds is 4. The molecule has 0 aromatic heterocycles. The van der Waals surface area contributed by atoms with Crippen LogP contribution in [-0.4, -0.2) is 11.7 Å². The Balaban J connectivity index is 2.45. The molecule has 0 radical (unpaired) electrons. The van der Waals surface area contributed by atoms with E-state index in [9.17, 15) is 9.50 Å². The predicted octanol–water partition coefficient (Wildman–Crippen LogP) is 4.69. The zero-order valence-electron chi connectivity index (χ0n) is 11.5. The van der Waals surface area contributed by atoms with Crippen LogP contribution in [0.5, 0.6) is 0 Å². The number of anilines is 2. The summed E-state index contributed by atoms with van der Waals surface area (Å²) < 4.78 is 13.9. The smallest absolute Gasteiger partial charge is 0.146 e. The van der Waals surface area contributed by atoms with Crippen LogP contribution >= 0.6 is 11.6 Å². The van der Waals surface area contributed by atoms with E-state index >= 15 is 0 Å². The van der Waals surface area contributed by atoms with Crippen LogP contribution in [0.2, 0.25) is 5.02 Å². The number of nitrogens with zero attached hydrogens (tertiary/aromatic N) is 1. The topological polar surface area (TPSA) is 23.5 Å². The zero-order valence-corrected chi connectivity index (χ0v) is 12.2. The molecule has 0 aliphatic rings. The third-order valence-electron chi connectivity index (χ3n) is 3.20. The molecule has 106 valence electrons. The van der Waals surface area contributed by atoms with Crippen LogP contribution < -0.4 is 4.90 Å². The van der Waals surface area contributed by atoms with Gasteiger partial charge in [0.15, 0.2) is 0 Å². The number of halogens is 2. The molecular formula is C16H17ClFNO. The average molecular weight is 294 g/mol. The third-order valence-corrected chi connectivity index (χ3v) is 3.51. The summed E-state index contributed by atoms with van der Waals surface area (Å²) >= 11 is 6.27. The highest BCUT2D eigenvalue weighted by Gasteiger charge is 2.15. The van der Waals surface area contributed by atoms with Gasteiger partial charge in [-0.2, -0.15) is 0 Å². The molecule has 0 spiro atoms. The third kappa shape index (κ3) is 2.94. The van der Waals surface area contributed by atoms with Crippen molar-refractivity contribution in [3.05, 3.63) is 58.9 Å². The summed E-state index contributed by atoms with van der Waals surface area (Å²) in [5, 5.41) is 10.1. The minimum absolute atomic E-state index is 0.287. The summed E-state index contributed by atoms with van der Waals surface area (Å²) in [6, 6.07) is 11.9. The van der Waals surface area contributed by atoms with Gasteiger partial charge in [-0.25, -0.2) is 4.39 Å². The maximum atomic E-state index is 13.9. The van der Waals surface area contributed by atoms with Gasteiger partial charge in [-0.05, 0) is 43.7 Å². The van der Waals surface area contributed by atoms with Crippen molar-refractivity contribution in [3.63, 3.8) is 0 Å². The fourth-order valence-corrected chi connectivity index (χ4v) is 2.43. The van der Waals surface area contributed by atoms with E-state index in [0.29, 0.717) is 17.3 Å². The Morgan fingerprint density at radius 3 is 2.45 bits per heavy atom. The SMILES string of the molecule is CCN(c1ccccc1F)c1ccc([C@@H](C)O)cc1Cl. The zero-order chi connectivity index (χ0) is 14.7. The summed E-state index contributed by atoms with van der Waals surface area (Å²) in [6.07, 6.45) is -0.579. The molecule has 2 aromatic rings. The van der Waals surface area contributed by atoms with Crippen molar-refractivity contribution < 1.29 is 9.50 Å². The first kappa shape index (κ1) is 14.8. The normalized spacial score (nSPS) is 12.2. The molecule has 2 nitrogen and oxygen atoms in total. The molecule has 0 saturated heterocycles. The van der Waals surface area contributed by atoms with Crippen molar-refractivity contribution in [2.45, 2.75) is 20.0 Å². The first-order valence-corrected chi connectivity index (χ1v) is 6.92. The van der Waals surface area contributed by atoms with Crippen molar-refractivity contribution in [2.75, 3.05) is 11.4 Å². The van der Waals surface area contributed by atoms with Crippen LogP contribution in [0, 0.1) is 5.82 Å². The second-order valence-corrected chi connectivity index (χ2v) is 4.99. The Morgan fingerprint density at radius 2 is 1.90 bits per heavy atom. The van der Waals surface area contributed by atoms with Gasteiger partial charge in [0.1, 0.15) is 5.82 Å². The van der Waals surface area contributed by atoms with E-state index in [2.05, 4.69) is 0 Å². The van der Waals surface area contributed by atoms with Gasteiger partial charge in [-0.1, -0.05) is 29.8 Å². The first-order chi connectivity index (χ1) is 9.54. The number of para-hydroxylation sites is 1. The van der Waals surface area contributed by atoms with Gasteiger partial charge in [-0.3, -0.25) is 0 Å². The summed E-state index contributed by atoms with van der Waals surface area (Å²) in [6.45, 7) is 4.21. The highest BCUT2D eigenvalue weighted by Crippen LogP contribution is 2.34. The van der Waals surface area contributed by atoms with Gasteiger partial charge in [-0.15, -0.1) is 0 Å². The van der Waals surface area contributed by atoms with Crippen molar-refractivity contribution in [3.8, 4) is 0 Å². The monoisotopic (exact) mass is 293 g/mol. The lowest BCUT2D eigenvalue weighted by molar-refractivity contribution is 0.199. The molecule has 0 fully saturated rings. The molecule has 0 aliphatic heterocycles. The van der Waals surface area contributed by atoms with Crippen LogP contribution in [0.4, 0.5) is 15.8 Å². The Bertz CT molecular complexity index is 601. The largest absolute Gasteiger partial charge is 0.389 e. The molecule has 0 bridgehead atoms. The van der Waals surface area contributed by atoms with Crippen molar-refractivity contribution in [2.24, 2.45) is 0 Å². The maximum absolute atomic E-state index is 13.9. The molecule has 20 heavy (non-hydrogen) atoms. The summed E-state index contributed by atoms with van der Waals surface area (Å²) in [7, 11) is 0. The molecule has 1 N–H and O–H groups in total. The highest BCUT2D eigenvalue weighted by molar-refractivity contribution is 6.33. The fourth-order valence-electron chi connectivity index (χ4n) is 2.14. The van der Waals surface area contributed by atoms with E-state index in [4.69, 9.17) is 11.6 Å².